The van der Waals surface area contributed by atoms with E-state index >= 15 is 0 Å². The van der Waals surface area contributed by atoms with E-state index < -0.39 is 30.1 Å². The number of hydrogen-bond acceptors (Lipinski definition) is 6. The number of carbonyl (C=O) groups is 1. The molecule has 3 aliphatic heterocycles. The van der Waals surface area contributed by atoms with Crippen molar-refractivity contribution < 1.29 is 28.5 Å². The van der Waals surface area contributed by atoms with Crippen LogP contribution in [0.25, 0.3) is 0 Å². The first kappa shape index (κ1) is 19.8. The van der Waals surface area contributed by atoms with Crippen LogP contribution in [-0.4, -0.2) is 54.7 Å². The lowest BCUT2D eigenvalue weighted by Crippen LogP contribution is -2.52. The van der Waals surface area contributed by atoms with Crippen LogP contribution in [0.3, 0.4) is 0 Å². The van der Waals surface area contributed by atoms with Crippen LogP contribution in [0.5, 0.6) is 0 Å². The van der Waals surface area contributed by atoms with Crippen LogP contribution in [0.15, 0.2) is 24.3 Å². The molecule has 0 radical (unpaired) electrons. The Kier molecular flexibility index (Phi) is 5.00. The van der Waals surface area contributed by atoms with Crippen LogP contribution in [0.1, 0.15) is 38.8 Å². The first-order valence-corrected chi connectivity index (χ1v) is 9.80. The zero-order valence-corrected chi connectivity index (χ0v) is 17.1. The van der Waals surface area contributed by atoms with Crippen molar-refractivity contribution in [3.05, 3.63) is 35.4 Å². The highest BCUT2D eigenvalue weighted by atomic mass is 16.8. The molecule has 3 aliphatic rings. The third-order valence-corrected chi connectivity index (χ3v) is 5.30. The number of fused-ring (bicyclic) bond motifs is 1. The van der Waals surface area contributed by atoms with Gasteiger partial charge in [-0.3, -0.25) is 4.79 Å². The number of carbonyl (C=O) groups excluding carboxylic acids is 1. The summed E-state index contributed by atoms with van der Waals surface area (Å²) in [6.07, 6.45) is -1.36. The van der Waals surface area contributed by atoms with E-state index in [2.05, 4.69) is 5.32 Å². The van der Waals surface area contributed by atoms with Gasteiger partial charge in [-0.15, -0.1) is 0 Å². The Bertz CT molecular complexity index is 731. The number of rotatable bonds is 4. The van der Waals surface area contributed by atoms with Crippen molar-refractivity contribution in [3.8, 4) is 0 Å². The maximum atomic E-state index is 12.8. The smallest absolute Gasteiger partial charge is 0.224 e. The van der Waals surface area contributed by atoms with Gasteiger partial charge in [0.1, 0.15) is 18.3 Å². The second-order valence-electron chi connectivity index (χ2n) is 8.69. The van der Waals surface area contributed by atoms with Crippen LogP contribution in [0.4, 0.5) is 0 Å². The number of benzene rings is 1. The largest absolute Gasteiger partial charge is 0.348 e. The van der Waals surface area contributed by atoms with Gasteiger partial charge in [0.25, 0.3) is 0 Å². The number of aryl methyl sites for hydroxylation is 1. The molecular formula is C21H29NO6. The summed E-state index contributed by atoms with van der Waals surface area (Å²) in [5.41, 5.74) is 2.12. The second kappa shape index (κ2) is 7.07. The van der Waals surface area contributed by atoms with Crippen molar-refractivity contribution in [1.82, 2.24) is 5.32 Å². The maximum absolute atomic E-state index is 12.8. The maximum Gasteiger partial charge on any atom is 0.224 e. The Hall–Kier alpha value is -1.51. The lowest BCUT2D eigenvalue weighted by atomic mass is 10.0. The van der Waals surface area contributed by atoms with Gasteiger partial charge in [-0.2, -0.15) is 0 Å². The molecule has 3 heterocycles. The highest BCUT2D eigenvalue weighted by molar-refractivity contribution is 5.79. The van der Waals surface area contributed by atoms with Crippen LogP contribution < -0.4 is 5.32 Å². The first-order valence-electron chi connectivity index (χ1n) is 9.80. The second-order valence-corrected chi connectivity index (χ2v) is 8.69. The average molecular weight is 391 g/mol. The summed E-state index contributed by atoms with van der Waals surface area (Å²) in [7, 11) is 0. The Labute approximate surface area is 165 Å². The van der Waals surface area contributed by atoms with E-state index in [1.54, 1.807) is 0 Å². The van der Waals surface area contributed by atoms with E-state index in [9.17, 15) is 4.79 Å². The predicted octanol–water partition coefficient (Wildman–Crippen LogP) is 2.05. The molecule has 7 heteroatoms. The molecule has 0 aliphatic carbocycles. The number of ether oxygens (including phenoxy) is 5. The molecule has 1 aromatic carbocycles. The van der Waals surface area contributed by atoms with Gasteiger partial charge in [0.15, 0.2) is 17.9 Å². The fourth-order valence-electron chi connectivity index (χ4n) is 4.02. The van der Waals surface area contributed by atoms with Crippen LogP contribution in [0, 0.1) is 6.92 Å². The van der Waals surface area contributed by atoms with Crippen molar-refractivity contribution >= 4 is 5.91 Å². The molecule has 154 valence electrons. The summed E-state index contributed by atoms with van der Waals surface area (Å²) in [6, 6.07) is 7.56. The minimum atomic E-state index is -0.757. The van der Waals surface area contributed by atoms with Gasteiger partial charge in [-0.25, -0.2) is 0 Å². The lowest BCUT2D eigenvalue weighted by molar-refractivity contribution is -0.223. The fourth-order valence-corrected chi connectivity index (χ4v) is 4.02. The minimum absolute atomic E-state index is 0.0883. The number of amides is 1. The molecule has 0 aromatic heterocycles. The van der Waals surface area contributed by atoms with Crippen LogP contribution in [0.2, 0.25) is 0 Å². The Balaban J connectivity index is 1.48. The van der Waals surface area contributed by atoms with E-state index in [4.69, 9.17) is 23.7 Å². The fraction of sp³-hybridized carbons (Fsp3) is 0.667. The molecule has 0 spiro atoms. The molecule has 1 unspecified atom stereocenters. The average Bonchev–Trinajstić information content (AvgIpc) is 3.20. The van der Waals surface area contributed by atoms with Crippen molar-refractivity contribution in [3.63, 3.8) is 0 Å². The van der Waals surface area contributed by atoms with Gasteiger partial charge < -0.3 is 29.0 Å². The minimum Gasteiger partial charge on any atom is -0.348 e. The first-order chi connectivity index (χ1) is 13.1. The summed E-state index contributed by atoms with van der Waals surface area (Å²) in [4.78, 5) is 12.8. The summed E-state index contributed by atoms with van der Waals surface area (Å²) in [5.74, 6) is -1.52. The molecule has 4 rings (SSSR count). The Morgan fingerprint density at radius 2 is 1.75 bits per heavy atom. The number of nitrogens with one attached hydrogen (secondary N) is 1. The molecule has 0 bridgehead atoms. The molecule has 1 amide bonds. The zero-order chi connectivity index (χ0) is 20.1. The summed E-state index contributed by atoms with van der Waals surface area (Å²) in [5, 5.41) is 3.10. The topological polar surface area (TPSA) is 75.3 Å². The third-order valence-electron chi connectivity index (χ3n) is 5.30. The SMILES string of the molecule is Cc1ccc(CC(=O)N[C@H]2[C@H]3OC(C)(C)O[C@H]3O[C@@H]2C2COC(C)(C)O2)cc1. The molecule has 28 heavy (non-hydrogen) atoms. The van der Waals surface area contributed by atoms with Gasteiger partial charge in [0, 0.05) is 0 Å². The lowest BCUT2D eigenvalue weighted by Gasteiger charge is -2.29. The van der Waals surface area contributed by atoms with Gasteiger partial charge in [0.05, 0.1) is 19.1 Å². The molecule has 1 N–H and O–H groups in total. The third kappa shape index (κ3) is 4.09. The van der Waals surface area contributed by atoms with Crippen molar-refractivity contribution in [2.45, 2.75) is 83.3 Å². The Morgan fingerprint density at radius 1 is 1.04 bits per heavy atom. The predicted molar refractivity (Wildman–Crippen MR) is 100 cm³/mol. The summed E-state index contributed by atoms with van der Waals surface area (Å²) in [6.45, 7) is 9.83. The van der Waals surface area contributed by atoms with E-state index in [0.29, 0.717) is 13.0 Å². The van der Waals surface area contributed by atoms with Crippen LogP contribution >= 0.6 is 0 Å². The van der Waals surface area contributed by atoms with Crippen molar-refractivity contribution in [2.75, 3.05) is 6.61 Å². The van der Waals surface area contributed by atoms with Gasteiger partial charge in [-0.1, -0.05) is 29.8 Å². The molecule has 3 fully saturated rings. The quantitative estimate of drug-likeness (QED) is 0.847. The van der Waals surface area contributed by atoms with E-state index in [1.165, 1.54) is 0 Å². The summed E-state index contributed by atoms with van der Waals surface area (Å²) < 4.78 is 29.7. The van der Waals surface area contributed by atoms with Crippen LogP contribution in [-0.2, 0) is 34.9 Å². The Morgan fingerprint density at radius 3 is 2.39 bits per heavy atom. The van der Waals surface area contributed by atoms with E-state index in [-0.39, 0.29) is 18.1 Å². The standard InChI is InChI=1S/C21H29NO6/c1-12-6-8-13(9-7-12)10-15(23)22-16-17(14-11-24-20(2,3)26-14)25-19-18(16)27-21(4,5)28-19/h6-9,14,16-19H,10-11H2,1-5H3,(H,22,23)/t14?,16-,17-,18-,19-/m1/s1. The molecule has 3 saturated heterocycles. The van der Waals surface area contributed by atoms with E-state index in [0.717, 1.165) is 11.1 Å². The van der Waals surface area contributed by atoms with Gasteiger partial charge in [-0.05, 0) is 40.2 Å². The molecule has 1 aromatic rings. The molecule has 7 nitrogen and oxygen atoms in total. The van der Waals surface area contributed by atoms with Gasteiger partial charge in [0.2, 0.25) is 5.91 Å². The summed E-state index contributed by atoms with van der Waals surface area (Å²) >= 11 is 0. The number of hydrogen-bond donors (Lipinski definition) is 1. The normalized spacial score (nSPS) is 35.7. The van der Waals surface area contributed by atoms with Crippen molar-refractivity contribution in [1.29, 1.82) is 0 Å². The van der Waals surface area contributed by atoms with Crippen molar-refractivity contribution in [2.24, 2.45) is 0 Å². The zero-order valence-electron chi connectivity index (χ0n) is 17.1. The monoisotopic (exact) mass is 391 g/mol. The highest BCUT2D eigenvalue weighted by Crippen LogP contribution is 2.40. The highest BCUT2D eigenvalue weighted by Gasteiger charge is 2.58. The van der Waals surface area contributed by atoms with E-state index in [1.807, 2.05) is 58.9 Å². The molecule has 0 saturated carbocycles. The molecular weight excluding hydrogens is 362 g/mol. The molecule has 5 atom stereocenters. The van der Waals surface area contributed by atoms with Gasteiger partial charge >= 0.3 is 0 Å².